The lowest BCUT2D eigenvalue weighted by atomic mass is 10.3. The van der Waals surface area contributed by atoms with Gasteiger partial charge in [0.25, 0.3) is 0 Å². The third kappa shape index (κ3) is 2.53. The van der Waals surface area contributed by atoms with E-state index in [0.717, 1.165) is 18.7 Å². The molecule has 0 bridgehead atoms. The van der Waals surface area contributed by atoms with E-state index in [1.165, 1.54) is 0 Å². The third-order valence-electron chi connectivity index (χ3n) is 1.69. The smallest absolute Gasteiger partial charge is 0.111 e. The number of amidine groups is 1. The summed E-state index contributed by atoms with van der Waals surface area (Å²) in [7, 11) is 0. The first kappa shape index (κ1) is 11.5. The van der Waals surface area contributed by atoms with Crippen LogP contribution in [0.3, 0.4) is 0 Å². The van der Waals surface area contributed by atoms with E-state index < -0.39 is 0 Å². The van der Waals surface area contributed by atoms with Gasteiger partial charge < -0.3 is 10.1 Å². The summed E-state index contributed by atoms with van der Waals surface area (Å²) >= 11 is 5.45. The summed E-state index contributed by atoms with van der Waals surface area (Å²) in [4.78, 5) is 1.79. The fourth-order valence-corrected chi connectivity index (χ4v) is 1.21. The van der Waals surface area contributed by atoms with Gasteiger partial charge in [0.15, 0.2) is 0 Å². The molecule has 0 unspecified atom stereocenters. The van der Waals surface area contributed by atoms with Gasteiger partial charge in [0.1, 0.15) is 5.84 Å². The number of rotatable bonds is 1. The summed E-state index contributed by atoms with van der Waals surface area (Å²) in [5, 5.41) is 18.8. The van der Waals surface area contributed by atoms with Crippen molar-refractivity contribution in [1.29, 1.82) is 5.41 Å². The van der Waals surface area contributed by atoms with Crippen molar-refractivity contribution in [3.63, 3.8) is 0 Å². The second-order valence-electron chi connectivity index (χ2n) is 2.42. The summed E-state index contributed by atoms with van der Waals surface area (Å²) in [6.07, 6.45) is 0.732. The van der Waals surface area contributed by atoms with Crippen LogP contribution in [-0.4, -0.2) is 40.6 Å². The van der Waals surface area contributed by atoms with E-state index in [0.29, 0.717) is 12.4 Å². The second-order valence-corrected chi connectivity index (χ2v) is 2.69. The minimum atomic E-state index is 0. The quantitative estimate of drug-likeness (QED) is 0.225. The lowest BCUT2D eigenvalue weighted by Crippen LogP contribution is -2.28. The van der Waals surface area contributed by atoms with Crippen LogP contribution in [0.5, 0.6) is 0 Å². The predicted molar refractivity (Wildman–Crippen MR) is 51.1 cm³/mol. The van der Waals surface area contributed by atoms with E-state index in [1.54, 1.807) is 4.90 Å². The van der Waals surface area contributed by atoms with Gasteiger partial charge in [0.2, 0.25) is 0 Å². The van der Waals surface area contributed by atoms with Crippen molar-refractivity contribution in [3.05, 3.63) is 0 Å². The highest BCUT2D eigenvalue weighted by molar-refractivity contribution is 6.27. The van der Waals surface area contributed by atoms with Crippen molar-refractivity contribution in [2.45, 2.75) is 6.42 Å². The van der Waals surface area contributed by atoms with Crippen molar-refractivity contribution in [2.75, 3.05) is 19.0 Å². The summed E-state index contributed by atoms with van der Waals surface area (Å²) in [5.74, 6) is 0.615. The van der Waals surface area contributed by atoms with Gasteiger partial charge in [0.05, 0.1) is 18.1 Å². The van der Waals surface area contributed by atoms with E-state index in [9.17, 15) is 0 Å². The molecule has 0 radical (unpaired) electrons. The molecule has 0 saturated carbocycles. The van der Waals surface area contributed by atoms with Gasteiger partial charge in [0, 0.05) is 13.0 Å². The summed E-state index contributed by atoms with van der Waals surface area (Å²) in [6, 6.07) is 0. The van der Waals surface area contributed by atoms with Crippen LogP contribution >= 0.6 is 24.0 Å². The molecule has 4 nitrogen and oxygen atoms in total. The summed E-state index contributed by atoms with van der Waals surface area (Å²) in [5.41, 5.74) is 0.722. The minimum absolute atomic E-state index is 0. The molecule has 0 aromatic rings. The van der Waals surface area contributed by atoms with Crippen molar-refractivity contribution in [1.82, 2.24) is 4.90 Å². The Morgan fingerprint density at radius 1 is 1.75 bits per heavy atom. The zero-order valence-corrected chi connectivity index (χ0v) is 8.03. The van der Waals surface area contributed by atoms with Crippen LogP contribution in [0.4, 0.5) is 0 Å². The Hall–Kier alpha value is -0.480. The highest BCUT2D eigenvalue weighted by atomic mass is 35.5. The van der Waals surface area contributed by atoms with Crippen LogP contribution in [0.2, 0.25) is 0 Å². The van der Waals surface area contributed by atoms with Gasteiger partial charge in [-0.2, -0.15) is 0 Å². The molecule has 1 aliphatic heterocycles. The van der Waals surface area contributed by atoms with Crippen LogP contribution in [0.15, 0.2) is 5.16 Å². The highest BCUT2D eigenvalue weighted by Crippen LogP contribution is 2.06. The number of likely N-dealkylation sites (tertiary alicyclic amines) is 1. The molecule has 70 valence electrons. The maximum atomic E-state index is 8.40. The molecule has 0 aromatic carbocycles. The van der Waals surface area contributed by atoms with Gasteiger partial charge >= 0.3 is 0 Å². The van der Waals surface area contributed by atoms with E-state index >= 15 is 0 Å². The number of hydrogen-bond acceptors (Lipinski definition) is 3. The van der Waals surface area contributed by atoms with Crippen LogP contribution in [0.25, 0.3) is 0 Å². The molecule has 1 rings (SSSR count). The van der Waals surface area contributed by atoms with E-state index in [-0.39, 0.29) is 18.3 Å². The Kier molecular flexibility index (Phi) is 5.01. The molecule has 12 heavy (non-hydrogen) atoms. The summed E-state index contributed by atoms with van der Waals surface area (Å²) < 4.78 is 0. The van der Waals surface area contributed by atoms with Crippen LogP contribution in [0.1, 0.15) is 6.42 Å². The first-order chi connectivity index (χ1) is 5.27. The predicted octanol–water partition coefficient (Wildman–Crippen LogP) is 1.16. The van der Waals surface area contributed by atoms with Crippen LogP contribution < -0.4 is 0 Å². The number of nitrogens with zero attached hydrogens (tertiary/aromatic N) is 2. The van der Waals surface area contributed by atoms with E-state index in [2.05, 4.69) is 5.16 Å². The van der Waals surface area contributed by atoms with Gasteiger partial charge in [-0.3, -0.25) is 5.41 Å². The number of alkyl halides is 1. The van der Waals surface area contributed by atoms with Gasteiger partial charge in [-0.05, 0) is 0 Å². The second kappa shape index (κ2) is 5.22. The molecule has 0 atom stereocenters. The Labute approximate surface area is 82.1 Å². The molecule has 0 amide bonds. The van der Waals surface area contributed by atoms with E-state index in [1.807, 2.05) is 0 Å². The molecule has 0 spiro atoms. The molecule has 6 heteroatoms. The number of halogens is 2. The molecule has 2 N–H and O–H groups in total. The molecule has 1 heterocycles. The van der Waals surface area contributed by atoms with Crippen LogP contribution in [-0.2, 0) is 0 Å². The van der Waals surface area contributed by atoms with Gasteiger partial charge in [-0.15, -0.1) is 24.0 Å². The zero-order chi connectivity index (χ0) is 8.27. The van der Waals surface area contributed by atoms with Crippen molar-refractivity contribution in [3.8, 4) is 0 Å². The van der Waals surface area contributed by atoms with Crippen molar-refractivity contribution >= 4 is 35.6 Å². The van der Waals surface area contributed by atoms with Gasteiger partial charge in [-0.1, -0.05) is 5.16 Å². The first-order valence-corrected chi connectivity index (χ1v) is 3.89. The minimum Gasteiger partial charge on any atom is -0.411 e. The topological polar surface area (TPSA) is 59.7 Å². The van der Waals surface area contributed by atoms with Crippen LogP contribution in [0, 0.1) is 5.41 Å². The fraction of sp³-hybridized carbons (Fsp3) is 0.667. The molecule has 1 aliphatic rings. The molecular weight excluding hydrogens is 201 g/mol. The Balaban J connectivity index is 0.00000121. The average Bonchev–Trinajstić information content (AvgIpc) is 2.50. The largest absolute Gasteiger partial charge is 0.411 e. The Morgan fingerprint density at radius 2 is 2.42 bits per heavy atom. The van der Waals surface area contributed by atoms with E-state index in [4.69, 9.17) is 22.2 Å². The monoisotopic (exact) mass is 211 g/mol. The number of nitrogens with one attached hydrogen (secondary N) is 1. The molecule has 0 aromatic heterocycles. The Morgan fingerprint density at radius 3 is 2.83 bits per heavy atom. The molecular formula is C6H11Cl2N3O. The Bertz CT molecular complexity index is 195. The normalized spacial score (nSPS) is 19.4. The zero-order valence-electron chi connectivity index (χ0n) is 6.46. The maximum absolute atomic E-state index is 8.40. The first-order valence-electron chi connectivity index (χ1n) is 3.36. The molecule has 1 saturated heterocycles. The van der Waals surface area contributed by atoms with Gasteiger partial charge in [-0.25, -0.2) is 0 Å². The SMILES string of the molecule is Cl.N=C(CCl)N1CC/C(=N/O)C1. The summed E-state index contributed by atoms with van der Waals surface area (Å²) in [6.45, 7) is 1.28. The third-order valence-corrected chi connectivity index (χ3v) is 1.95. The van der Waals surface area contributed by atoms with Crippen molar-refractivity contribution < 1.29 is 5.21 Å². The molecule has 0 aliphatic carbocycles. The van der Waals surface area contributed by atoms with Crippen molar-refractivity contribution in [2.24, 2.45) is 5.16 Å². The molecule has 1 fully saturated rings. The maximum Gasteiger partial charge on any atom is 0.111 e. The number of oxime groups is 1. The lowest BCUT2D eigenvalue weighted by molar-refractivity contribution is 0.317. The highest BCUT2D eigenvalue weighted by Gasteiger charge is 2.19. The average molecular weight is 212 g/mol. The standard InChI is InChI=1S/C6H10ClN3O.ClH/c7-3-6(8)10-2-1-5(4-10)9-11;/h8,11H,1-4H2;1H/b8-6?,9-5-;. The fourth-order valence-electron chi connectivity index (χ4n) is 1.04. The lowest BCUT2D eigenvalue weighted by Gasteiger charge is -2.14. The number of hydrogen-bond donors (Lipinski definition) is 2.